The molecule has 1 aliphatic rings. The normalized spacial score (nSPS) is 15.9. The van der Waals surface area contributed by atoms with Crippen LogP contribution in [0.4, 0.5) is 10.6 Å². The summed E-state index contributed by atoms with van der Waals surface area (Å²) in [6, 6.07) is 5.38. The van der Waals surface area contributed by atoms with Crippen molar-refractivity contribution in [1.82, 2.24) is 19.9 Å². The number of hydrogen-bond acceptors (Lipinski definition) is 6. The van der Waals surface area contributed by atoms with Gasteiger partial charge in [-0.3, -0.25) is 0 Å². The average Bonchev–Trinajstić information content (AvgIpc) is 2.99. The molecule has 0 atom stereocenters. The predicted molar refractivity (Wildman–Crippen MR) is 108 cm³/mol. The molecule has 8 nitrogen and oxygen atoms in total. The average molecular weight is 383 g/mol. The molecule has 0 spiro atoms. The first-order valence-corrected chi connectivity index (χ1v) is 9.50. The Bertz CT molecular complexity index is 1020. The number of aromatic nitrogens is 3. The quantitative estimate of drug-likeness (QED) is 0.624. The lowest BCUT2D eigenvalue weighted by atomic mass is 10.1. The van der Waals surface area contributed by atoms with E-state index in [2.05, 4.69) is 20.3 Å². The molecule has 0 unspecified atom stereocenters. The van der Waals surface area contributed by atoms with E-state index in [1.807, 2.05) is 26.8 Å². The van der Waals surface area contributed by atoms with E-state index in [-0.39, 0.29) is 17.9 Å². The van der Waals surface area contributed by atoms with Crippen LogP contribution in [0.1, 0.15) is 33.6 Å². The molecule has 0 aliphatic carbocycles. The van der Waals surface area contributed by atoms with Crippen LogP contribution >= 0.6 is 0 Å². The second-order valence-corrected chi connectivity index (χ2v) is 8.19. The molecule has 1 amide bonds. The van der Waals surface area contributed by atoms with Crippen molar-refractivity contribution in [2.45, 2.75) is 45.3 Å². The second-order valence-electron chi connectivity index (χ2n) is 8.19. The molecule has 148 valence electrons. The highest BCUT2D eigenvalue weighted by Crippen LogP contribution is 2.32. The molecule has 1 saturated heterocycles. The van der Waals surface area contributed by atoms with Gasteiger partial charge in [0.25, 0.3) is 0 Å². The number of aromatic amines is 1. The Labute approximate surface area is 162 Å². The first kappa shape index (κ1) is 18.3. The minimum Gasteiger partial charge on any atom is -0.508 e. The van der Waals surface area contributed by atoms with Gasteiger partial charge in [-0.05, 0) is 51.8 Å². The van der Waals surface area contributed by atoms with E-state index < -0.39 is 5.60 Å². The van der Waals surface area contributed by atoms with Gasteiger partial charge in [0.2, 0.25) is 0 Å². The van der Waals surface area contributed by atoms with Crippen LogP contribution in [0.3, 0.4) is 0 Å². The van der Waals surface area contributed by atoms with Crippen molar-refractivity contribution >= 4 is 33.8 Å². The zero-order chi connectivity index (χ0) is 19.9. The van der Waals surface area contributed by atoms with E-state index in [4.69, 9.17) is 4.74 Å². The summed E-state index contributed by atoms with van der Waals surface area (Å²) >= 11 is 0. The zero-order valence-electron chi connectivity index (χ0n) is 16.3. The standard InChI is InChI=1S/C20H25N5O3/c1-20(2,3)28-19(27)25-8-6-12(7-9-25)23-17-16-14-10-13(26)4-5-15(14)24-18(16)22-11-21-17/h4-5,10-12,26H,6-9H2,1-3H3,(H2,21,22,23,24). The Balaban J connectivity index is 1.50. The molecule has 1 fully saturated rings. The molecule has 4 rings (SSSR count). The van der Waals surface area contributed by atoms with E-state index in [1.165, 1.54) is 6.33 Å². The zero-order valence-corrected chi connectivity index (χ0v) is 16.3. The maximum atomic E-state index is 12.2. The first-order chi connectivity index (χ1) is 13.3. The van der Waals surface area contributed by atoms with Gasteiger partial charge in [0.1, 0.15) is 29.1 Å². The van der Waals surface area contributed by atoms with Crippen LogP contribution in [0.2, 0.25) is 0 Å². The summed E-state index contributed by atoms with van der Waals surface area (Å²) in [7, 11) is 0. The molecule has 2 aromatic heterocycles. The van der Waals surface area contributed by atoms with Gasteiger partial charge in [-0.25, -0.2) is 14.8 Å². The Morgan fingerprint density at radius 2 is 2.04 bits per heavy atom. The largest absolute Gasteiger partial charge is 0.508 e. The molecule has 0 bridgehead atoms. The highest BCUT2D eigenvalue weighted by molar-refractivity contribution is 6.11. The van der Waals surface area contributed by atoms with E-state index >= 15 is 0 Å². The summed E-state index contributed by atoms with van der Waals surface area (Å²) in [5.74, 6) is 0.937. The number of piperidine rings is 1. The van der Waals surface area contributed by atoms with Crippen LogP contribution in [-0.2, 0) is 4.74 Å². The number of benzene rings is 1. The van der Waals surface area contributed by atoms with Gasteiger partial charge in [0.05, 0.1) is 5.39 Å². The number of likely N-dealkylation sites (tertiary alicyclic amines) is 1. The summed E-state index contributed by atoms with van der Waals surface area (Å²) in [6.45, 7) is 6.89. The fraction of sp³-hybridized carbons (Fsp3) is 0.450. The van der Waals surface area contributed by atoms with Crippen LogP contribution < -0.4 is 5.32 Å². The van der Waals surface area contributed by atoms with Crippen LogP contribution in [0.5, 0.6) is 5.75 Å². The number of nitrogens with zero attached hydrogens (tertiary/aromatic N) is 3. The number of amides is 1. The monoisotopic (exact) mass is 383 g/mol. The number of rotatable bonds is 2. The summed E-state index contributed by atoms with van der Waals surface area (Å²) in [6.07, 6.45) is 2.87. The number of hydrogen-bond donors (Lipinski definition) is 3. The van der Waals surface area contributed by atoms with Crippen molar-refractivity contribution in [2.75, 3.05) is 18.4 Å². The molecule has 1 aliphatic heterocycles. The van der Waals surface area contributed by atoms with E-state index in [0.717, 1.165) is 40.6 Å². The maximum Gasteiger partial charge on any atom is 0.410 e. The second kappa shape index (κ2) is 6.85. The summed E-state index contributed by atoms with van der Waals surface area (Å²) in [5, 5.41) is 15.1. The Hall–Kier alpha value is -3.03. The molecule has 3 N–H and O–H groups in total. The summed E-state index contributed by atoms with van der Waals surface area (Å²) in [4.78, 5) is 26.0. The number of anilines is 1. The predicted octanol–water partition coefficient (Wildman–Crippen LogP) is 3.63. The molecule has 0 saturated carbocycles. The van der Waals surface area contributed by atoms with Crippen molar-refractivity contribution in [2.24, 2.45) is 0 Å². The van der Waals surface area contributed by atoms with E-state index in [0.29, 0.717) is 13.1 Å². The topological polar surface area (TPSA) is 103 Å². The van der Waals surface area contributed by atoms with Gasteiger partial charge < -0.3 is 25.0 Å². The molecular weight excluding hydrogens is 358 g/mol. The number of nitrogens with one attached hydrogen (secondary N) is 2. The number of carbonyl (C=O) groups excluding carboxylic acids is 1. The molecule has 3 heterocycles. The van der Waals surface area contributed by atoms with Crippen molar-refractivity contribution < 1.29 is 14.6 Å². The minimum absolute atomic E-state index is 0.194. The maximum absolute atomic E-state index is 12.2. The van der Waals surface area contributed by atoms with E-state index in [9.17, 15) is 9.90 Å². The molecular formula is C20H25N5O3. The molecule has 28 heavy (non-hydrogen) atoms. The fourth-order valence-corrected chi connectivity index (χ4v) is 3.55. The molecule has 8 heteroatoms. The van der Waals surface area contributed by atoms with Gasteiger partial charge in [-0.2, -0.15) is 0 Å². The highest BCUT2D eigenvalue weighted by Gasteiger charge is 2.27. The molecule has 3 aromatic rings. The summed E-state index contributed by atoms with van der Waals surface area (Å²) in [5.41, 5.74) is 1.14. The lowest BCUT2D eigenvalue weighted by Gasteiger charge is -2.34. The van der Waals surface area contributed by atoms with Crippen molar-refractivity contribution in [3.63, 3.8) is 0 Å². The Morgan fingerprint density at radius 3 is 2.75 bits per heavy atom. The summed E-state index contributed by atoms with van der Waals surface area (Å²) < 4.78 is 5.46. The number of aromatic hydroxyl groups is 1. The molecule has 1 aromatic carbocycles. The van der Waals surface area contributed by atoms with Crippen molar-refractivity contribution in [1.29, 1.82) is 0 Å². The van der Waals surface area contributed by atoms with Gasteiger partial charge in [-0.1, -0.05) is 0 Å². The lowest BCUT2D eigenvalue weighted by molar-refractivity contribution is 0.0210. The number of phenols is 1. The highest BCUT2D eigenvalue weighted by atomic mass is 16.6. The van der Waals surface area contributed by atoms with Gasteiger partial charge >= 0.3 is 6.09 Å². The SMILES string of the molecule is CC(C)(C)OC(=O)N1CCC(Nc2ncnc3[nH]c4ccc(O)cc4c23)CC1. The van der Waals surface area contributed by atoms with Crippen LogP contribution in [-0.4, -0.2) is 55.8 Å². The van der Waals surface area contributed by atoms with Gasteiger partial charge in [0, 0.05) is 30.0 Å². The number of H-pyrrole nitrogens is 1. The van der Waals surface area contributed by atoms with Gasteiger partial charge in [0.15, 0.2) is 0 Å². The minimum atomic E-state index is -0.486. The van der Waals surface area contributed by atoms with Crippen molar-refractivity contribution in [3.8, 4) is 5.75 Å². The third-order valence-corrected chi connectivity index (χ3v) is 4.86. The smallest absolute Gasteiger partial charge is 0.410 e. The number of carbonyl (C=O) groups is 1. The van der Waals surface area contributed by atoms with Crippen LogP contribution in [0, 0.1) is 0 Å². The Morgan fingerprint density at radius 1 is 1.29 bits per heavy atom. The fourth-order valence-electron chi connectivity index (χ4n) is 3.55. The number of fused-ring (bicyclic) bond motifs is 3. The number of ether oxygens (including phenoxy) is 1. The van der Waals surface area contributed by atoms with E-state index in [1.54, 1.807) is 17.0 Å². The van der Waals surface area contributed by atoms with Crippen molar-refractivity contribution in [3.05, 3.63) is 24.5 Å². The van der Waals surface area contributed by atoms with Crippen LogP contribution in [0.15, 0.2) is 24.5 Å². The van der Waals surface area contributed by atoms with Crippen LogP contribution in [0.25, 0.3) is 21.9 Å². The third-order valence-electron chi connectivity index (χ3n) is 4.86. The Kier molecular flexibility index (Phi) is 4.49. The molecule has 0 radical (unpaired) electrons. The number of phenolic OH excluding ortho intramolecular Hbond substituents is 1. The lowest BCUT2D eigenvalue weighted by Crippen LogP contribution is -2.44. The third kappa shape index (κ3) is 3.67. The first-order valence-electron chi connectivity index (χ1n) is 9.50. The van der Waals surface area contributed by atoms with Gasteiger partial charge in [-0.15, -0.1) is 0 Å².